The molecule has 6 heteroatoms. The number of amides is 1. The van der Waals surface area contributed by atoms with E-state index >= 15 is 0 Å². The van der Waals surface area contributed by atoms with E-state index in [9.17, 15) is 19.6 Å². The molecule has 4 aromatic rings. The Labute approximate surface area is 190 Å². The molecule has 0 radical (unpaired) electrons. The summed E-state index contributed by atoms with van der Waals surface area (Å²) >= 11 is 0. The van der Waals surface area contributed by atoms with Crippen LogP contribution in [0.3, 0.4) is 0 Å². The number of ether oxygens (including phenoxy) is 1. The van der Waals surface area contributed by atoms with E-state index in [1.807, 2.05) is 36.4 Å². The minimum Gasteiger partial charge on any atom is -0.508 e. The predicted molar refractivity (Wildman–Crippen MR) is 125 cm³/mol. The van der Waals surface area contributed by atoms with Crippen molar-refractivity contribution in [1.29, 1.82) is 5.26 Å². The molecule has 0 aromatic heterocycles. The molecule has 0 atom stereocenters. The van der Waals surface area contributed by atoms with Crippen molar-refractivity contribution in [3.63, 3.8) is 0 Å². The van der Waals surface area contributed by atoms with E-state index in [4.69, 9.17) is 4.74 Å². The topological polar surface area (TPSA) is 82.3 Å². The number of fused-ring (bicyclic) bond motifs is 1. The number of rotatable bonds is 6. The highest BCUT2D eigenvalue weighted by Gasteiger charge is 2.14. The van der Waals surface area contributed by atoms with Crippen LogP contribution in [-0.4, -0.2) is 11.0 Å². The Balaban J connectivity index is 1.70. The van der Waals surface area contributed by atoms with Gasteiger partial charge in [-0.15, -0.1) is 0 Å². The van der Waals surface area contributed by atoms with Gasteiger partial charge < -0.3 is 15.2 Å². The second kappa shape index (κ2) is 9.67. The molecule has 0 aliphatic heterocycles. The van der Waals surface area contributed by atoms with Crippen LogP contribution in [0, 0.1) is 17.1 Å². The van der Waals surface area contributed by atoms with Crippen molar-refractivity contribution in [2.24, 2.45) is 0 Å². The molecule has 5 nitrogen and oxygen atoms in total. The third kappa shape index (κ3) is 5.00. The van der Waals surface area contributed by atoms with Gasteiger partial charge in [0, 0.05) is 16.8 Å². The van der Waals surface area contributed by atoms with Crippen molar-refractivity contribution in [3.8, 4) is 17.6 Å². The molecule has 162 valence electrons. The smallest absolute Gasteiger partial charge is 0.266 e. The molecule has 0 fully saturated rings. The van der Waals surface area contributed by atoms with Crippen molar-refractivity contribution in [2.75, 3.05) is 5.32 Å². The molecule has 4 rings (SSSR count). The van der Waals surface area contributed by atoms with E-state index < -0.39 is 5.91 Å². The van der Waals surface area contributed by atoms with Crippen LogP contribution in [0.15, 0.2) is 90.5 Å². The highest BCUT2D eigenvalue weighted by atomic mass is 19.1. The third-order valence-corrected chi connectivity index (χ3v) is 5.05. The Bertz CT molecular complexity index is 1390. The molecule has 0 unspecified atom stereocenters. The largest absolute Gasteiger partial charge is 0.508 e. The Morgan fingerprint density at radius 2 is 1.73 bits per heavy atom. The molecule has 0 bridgehead atoms. The monoisotopic (exact) mass is 438 g/mol. The molecule has 0 spiro atoms. The highest BCUT2D eigenvalue weighted by molar-refractivity contribution is 6.11. The number of nitrogens with zero attached hydrogens (tertiary/aromatic N) is 1. The molecule has 4 aromatic carbocycles. The molecule has 2 N–H and O–H groups in total. The van der Waals surface area contributed by atoms with E-state index in [-0.39, 0.29) is 23.7 Å². The number of hydrogen-bond donors (Lipinski definition) is 2. The van der Waals surface area contributed by atoms with Crippen LogP contribution < -0.4 is 10.1 Å². The van der Waals surface area contributed by atoms with Gasteiger partial charge in [-0.2, -0.15) is 5.26 Å². The van der Waals surface area contributed by atoms with Crippen LogP contribution in [0.4, 0.5) is 10.1 Å². The molecule has 33 heavy (non-hydrogen) atoms. The first-order valence-corrected chi connectivity index (χ1v) is 10.2. The summed E-state index contributed by atoms with van der Waals surface area (Å²) in [6.07, 6.45) is 1.47. The van der Waals surface area contributed by atoms with E-state index in [0.717, 1.165) is 10.8 Å². The summed E-state index contributed by atoms with van der Waals surface area (Å²) in [5.41, 5.74) is 1.25. The molecular weight excluding hydrogens is 419 g/mol. The van der Waals surface area contributed by atoms with Crippen LogP contribution in [0.5, 0.6) is 11.5 Å². The van der Waals surface area contributed by atoms with E-state index in [2.05, 4.69) is 5.32 Å². The van der Waals surface area contributed by atoms with Gasteiger partial charge >= 0.3 is 0 Å². The Morgan fingerprint density at radius 3 is 2.48 bits per heavy atom. The fraction of sp³-hybridized carbons (Fsp3) is 0.0370. The van der Waals surface area contributed by atoms with Crippen LogP contribution in [-0.2, 0) is 11.4 Å². The maximum absolute atomic E-state index is 14.0. The zero-order chi connectivity index (χ0) is 23.2. The fourth-order valence-corrected chi connectivity index (χ4v) is 3.36. The molecule has 0 aliphatic rings. The van der Waals surface area contributed by atoms with E-state index in [1.54, 1.807) is 24.3 Å². The van der Waals surface area contributed by atoms with Gasteiger partial charge in [0.1, 0.15) is 35.6 Å². The summed E-state index contributed by atoms with van der Waals surface area (Å²) < 4.78 is 20.0. The van der Waals surface area contributed by atoms with Gasteiger partial charge in [-0.3, -0.25) is 4.79 Å². The fourth-order valence-electron chi connectivity index (χ4n) is 3.36. The number of hydrogen-bond acceptors (Lipinski definition) is 4. The van der Waals surface area contributed by atoms with Crippen LogP contribution in [0.25, 0.3) is 16.8 Å². The number of nitriles is 1. The standard InChI is InChI=1S/C27H19FN2O3/c28-25-8-4-2-6-19(25)17-33-26-14-9-18-5-1-3-7-23(18)24(26)15-20(16-29)27(32)30-21-10-12-22(31)13-11-21/h1-15,31H,17H2,(H,30,32)/b20-15+. The predicted octanol–water partition coefficient (Wildman–Crippen LogP) is 5.81. The van der Waals surface area contributed by atoms with E-state index in [0.29, 0.717) is 22.6 Å². The number of benzene rings is 4. The second-order valence-corrected chi connectivity index (χ2v) is 7.25. The number of phenols is 1. The first-order valence-electron chi connectivity index (χ1n) is 10.2. The number of halogens is 1. The third-order valence-electron chi connectivity index (χ3n) is 5.05. The minimum absolute atomic E-state index is 0.00650. The summed E-state index contributed by atoms with van der Waals surface area (Å²) in [5.74, 6) is -0.490. The number of aromatic hydroxyl groups is 1. The summed E-state index contributed by atoms with van der Waals surface area (Å²) in [6.45, 7) is -0.00650. The number of anilines is 1. The minimum atomic E-state index is -0.601. The lowest BCUT2D eigenvalue weighted by Gasteiger charge is -2.13. The Hall–Kier alpha value is -4.63. The first kappa shape index (κ1) is 21.6. The summed E-state index contributed by atoms with van der Waals surface area (Å²) in [6, 6.07) is 25.3. The lowest BCUT2D eigenvalue weighted by molar-refractivity contribution is -0.112. The Morgan fingerprint density at radius 1 is 1.00 bits per heavy atom. The number of carbonyl (C=O) groups excluding carboxylic acids is 1. The molecular formula is C27H19FN2O3. The molecule has 1 amide bonds. The first-order chi connectivity index (χ1) is 16.0. The lowest BCUT2D eigenvalue weighted by Crippen LogP contribution is -2.13. The Kier molecular flexibility index (Phi) is 6.33. The second-order valence-electron chi connectivity index (χ2n) is 7.25. The quantitative estimate of drug-likeness (QED) is 0.226. The molecule has 0 aliphatic carbocycles. The van der Waals surface area contributed by atoms with E-state index in [1.165, 1.54) is 36.4 Å². The molecule has 0 heterocycles. The van der Waals surface area contributed by atoms with Gasteiger partial charge in [0.25, 0.3) is 5.91 Å². The van der Waals surface area contributed by atoms with Gasteiger partial charge in [0.15, 0.2) is 0 Å². The number of nitrogens with one attached hydrogen (secondary N) is 1. The summed E-state index contributed by atoms with van der Waals surface area (Å²) in [7, 11) is 0. The highest BCUT2D eigenvalue weighted by Crippen LogP contribution is 2.31. The van der Waals surface area contributed by atoms with Crippen molar-refractivity contribution < 1.29 is 19.0 Å². The van der Waals surface area contributed by atoms with Gasteiger partial charge in [-0.05, 0) is 53.2 Å². The SMILES string of the molecule is N#C/C(=C\c1c(OCc2ccccc2F)ccc2ccccc12)C(=O)Nc1ccc(O)cc1. The van der Waals surface area contributed by atoms with Gasteiger partial charge in [0.2, 0.25) is 0 Å². The van der Waals surface area contributed by atoms with Gasteiger partial charge in [-0.1, -0.05) is 48.5 Å². The average Bonchev–Trinajstić information content (AvgIpc) is 2.83. The zero-order valence-electron chi connectivity index (χ0n) is 17.5. The van der Waals surface area contributed by atoms with Crippen molar-refractivity contribution >= 4 is 28.4 Å². The van der Waals surface area contributed by atoms with Crippen LogP contribution in [0.2, 0.25) is 0 Å². The van der Waals surface area contributed by atoms with Crippen LogP contribution in [0.1, 0.15) is 11.1 Å². The maximum atomic E-state index is 14.0. The van der Waals surface area contributed by atoms with Crippen molar-refractivity contribution in [2.45, 2.75) is 6.61 Å². The molecule has 0 saturated carbocycles. The normalized spacial score (nSPS) is 11.1. The zero-order valence-corrected chi connectivity index (χ0v) is 17.5. The number of phenolic OH excluding ortho intramolecular Hbond substituents is 1. The lowest BCUT2D eigenvalue weighted by atomic mass is 10.0. The van der Waals surface area contributed by atoms with Crippen molar-refractivity contribution in [3.05, 3.63) is 107 Å². The van der Waals surface area contributed by atoms with Gasteiger partial charge in [0.05, 0.1) is 0 Å². The van der Waals surface area contributed by atoms with Gasteiger partial charge in [-0.25, -0.2) is 4.39 Å². The maximum Gasteiger partial charge on any atom is 0.266 e. The average molecular weight is 438 g/mol. The van der Waals surface area contributed by atoms with Crippen molar-refractivity contribution in [1.82, 2.24) is 0 Å². The molecule has 0 saturated heterocycles. The van der Waals surface area contributed by atoms with Crippen LogP contribution >= 0.6 is 0 Å². The summed E-state index contributed by atoms with van der Waals surface area (Å²) in [4.78, 5) is 12.7. The summed E-state index contributed by atoms with van der Waals surface area (Å²) in [5, 5.41) is 23.4. The number of carbonyl (C=O) groups is 1.